The molecule has 1 aliphatic rings. The number of piperazine rings is 1. The molecule has 1 saturated heterocycles. The Hall–Kier alpha value is -0.930. The Kier molecular flexibility index (Phi) is 3.26. The summed E-state index contributed by atoms with van der Waals surface area (Å²) in [4.78, 5) is 6.83. The van der Waals surface area contributed by atoms with E-state index in [1.54, 1.807) is 0 Å². The Morgan fingerprint density at radius 3 is 2.88 bits per heavy atom. The molecule has 1 aromatic heterocycles. The molecule has 1 fully saturated rings. The number of aromatic nitrogens is 1. The fourth-order valence-electron chi connectivity index (χ4n) is 2.23. The van der Waals surface area contributed by atoms with Crippen LogP contribution in [0.1, 0.15) is 25.1 Å². The van der Waals surface area contributed by atoms with E-state index >= 15 is 0 Å². The molecule has 2 rings (SSSR count). The van der Waals surface area contributed by atoms with Crippen molar-refractivity contribution in [2.45, 2.75) is 32.9 Å². The SMILES string of the molecule is Cc1ccc(CN2CCNC(C)(C)C2)cn1. The van der Waals surface area contributed by atoms with Gasteiger partial charge >= 0.3 is 0 Å². The monoisotopic (exact) mass is 219 g/mol. The van der Waals surface area contributed by atoms with Crippen LogP contribution in [0.2, 0.25) is 0 Å². The van der Waals surface area contributed by atoms with Crippen LogP contribution in [0.15, 0.2) is 18.3 Å². The van der Waals surface area contributed by atoms with Gasteiger partial charge in [0.1, 0.15) is 0 Å². The zero-order valence-corrected chi connectivity index (χ0v) is 10.5. The highest BCUT2D eigenvalue weighted by Crippen LogP contribution is 2.13. The van der Waals surface area contributed by atoms with Crippen LogP contribution in [-0.2, 0) is 6.54 Å². The molecule has 0 radical (unpaired) electrons. The minimum atomic E-state index is 0.233. The first-order chi connectivity index (χ1) is 7.55. The Bertz CT molecular complexity index is 343. The van der Waals surface area contributed by atoms with E-state index in [-0.39, 0.29) is 5.54 Å². The third kappa shape index (κ3) is 3.03. The van der Waals surface area contributed by atoms with E-state index in [0.717, 1.165) is 31.9 Å². The second kappa shape index (κ2) is 4.52. The maximum absolute atomic E-state index is 4.34. The van der Waals surface area contributed by atoms with E-state index in [9.17, 15) is 0 Å². The first-order valence-electron chi connectivity index (χ1n) is 5.94. The largest absolute Gasteiger partial charge is 0.309 e. The molecule has 0 aromatic carbocycles. The fraction of sp³-hybridized carbons (Fsp3) is 0.615. The van der Waals surface area contributed by atoms with Crippen molar-refractivity contribution in [1.29, 1.82) is 0 Å². The molecular formula is C13H21N3. The smallest absolute Gasteiger partial charge is 0.0372 e. The fourth-order valence-corrected chi connectivity index (χ4v) is 2.23. The minimum absolute atomic E-state index is 0.233. The van der Waals surface area contributed by atoms with Crippen LogP contribution in [-0.4, -0.2) is 35.1 Å². The Labute approximate surface area is 97.9 Å². The normalized spacial score (nSPS) is 20.9. The van der Waals surface area contributed by atoms with E-state index in [0.29, 0.717) is 0 Å². The van der Waals surface area contributed by atoms with Crippen molar-refractivity contribution in [2.24, 2.45) is 0 Å². The topological polar surface area (TPSA) is 28.2 Å². The van der Waals surface area contributed by atoms with Gasteiger partial charge in [0.15, 0.2) is 0 Å². The maximum Gasteiger partial charge on any atom is 0.0372 e. The molecule has 1 aliphatic heterocycles. The van der Waals surface area contributed by atoms with Crippen LogP contribution < -0.4 is 5.32 Å². The van der Waals surface area contributed by atoms with Gasteiger partial charge < -0.3 is 5.32 Å². The first-order valence-corrected chi connectivity index (χ1v) is 5.94. The summed E-state index contributed by atoms with van der Waals surface area (Å²) in [7, 11) is 0. The van der Waals surface area contributed by atoms with Crippen molar-refractivity contribution >= 4 is 0 Å². The van der Waals surface area contributed by atoms with Crippen molar-refractivity contribution in [3.05, 3.63) is 29.6 Å². The van der Waals surface area contributed by atoms with Crippen molar-refractivity contribution in [1.82, 2.24) is 15.2 Å². The summed E-state index contributed by atoms with van der Waals surface area (Å²) in [5.74, 6) is 0. The molecule has 16 heavy (non-hydrogen) atoms. The molecule has 3 nitrogen and oxygen atoms in total. The van der Waals surface area contributed by atoms with Crippen molar-refractivity contribution < 1.29 is 0 Å². The molecule has 0 atom stereocenters. The molecule has 88 valence electrons. The summed E-state index contributed by atoms with van der Waals surface area (Å²) in [6, 6.07) is 4.26. The van der Waals surface area contributed by atoms with Crippen LogP contribution in [0.3, 0.4) is 0 Å². The van der Waals surface area contributed by atoms with Crippen LogP contribution >= 0.6 is 0 Å². The molecule has 0 bridgehead atoms. The average Bonchev–Trinajstić information content (AvgIpc) is 2.20. The number of pyridine rings is 1. The van der Waals surface area contributed by atoms with Gasteiger partial charge in [-0.05, 0) is 32.4 Å². The van der Waals surface area contributed by atoms with Gasteiger partial charge in [-0.2, -0.15) is 0 Å². The maximum atomic E-state index is 4.34. The molecule has 1 aromatic rings. The lowest BCUT2D eigenvalue weighted by molar-refractivity contribution is 0.148. The first kappa shape index (κ1) is 11.6. The second-order valence-corrected chi connectivity index (χ2v) is 5.33. The summed E-state index contributed by atoms with van der Waals surface area (Å²) >= 11 is 0. The number of aryl methyl sites for hydroxylation is 1. The lowest BCUT2D eigenvalue weighted by Gasteiger charge is -2.39. The predicted molar refractivity (Wildman–Crippen MR) is 66.3 cm³/mol. The number of nitrogens with one attached hydrogen (secondary N) is 1. The Morgan fingerprint density at radius 1 is 1.44 bits per heavy atom. The van der Waals surface area contributed by atoms with Gasteiger partial charge in [0.2, 0.25) is 0 Å². The highest BCUT2D eigenvalue weighted by atomic mass is 15.2. The molecule has 2 heterocycles. The van der Waals surface area contributed by atoms with Crippen molar-refractivity contribution in [2.75, 3.05) is 19.6 Å². The molecule has 0 spiro atoms. The number of nitrogens with zero attached hydrogens (tertiary/aromatic N) is 2. The third-order valence-corrected chi connectivity index (χ3v) is 3.03. The zero-order valence-electron chi connectivity index (χ0n) is 10.5. The molecule has 3 heteroatoms. The van der Waals surface area contributed by atoms with Gasteiger partial charge in [0, 0.05) is 43.6 Å². The average molecular weight is 219 g/mol. The van der Waals surface area contributed by atoms with Gasteiger partial charge in [-0.1, -0.05) is 6.07 Å². The zero-order chi connectivity index (χ0) is 11.6. The minimum Gasteiger partial charge on any atom is -0.309 e. The molecule has 0 aliphatic carbocycles. The van der Waals surface area contributed by atoms with E-state index in [1.807, 2.05) is 13.1 Å². The van der Waals surface area contributed by atoms with E-state index in [4.69, 9.17) is 0 Å². The number of hydrogen-bond donors (Lipinski definition) is 1. The van der Waals surface area contributed by atoms with Crippen LogP contribution in [0, 0.1) is 6.92 Å². The standard InChI is InChI=1S/C13H21N3/c1-11-4-5-12(8-14-11)9-16-7-6-15-13(2,3)10-16/h4-5,8,15H,6-7,9-10H2,1-3H3. The molecule has 0 amide bonds. The Balaban J connectivity index is 1.97. The lowest BCUT2D eigenvalue weighted by atomic mass is 10.0. The van der Waals surface area contributed by atoms with Gasteiger partial charge in [0.25, 0.3) is 0 Å². The lowest BCUT2D eigenvalue weighted by Crippen LogP contribution is -2.56. The molecule has 0 saturated carbocycles. The van der Waals surface area contributed by atoms with Crippen LogP contribution in [0.4, 0.5) is 0 Å². The summed E-state index contributed by atoms with van der Waals surface area (Å²) in [5, 5.41) is 3.53. The Morgan fingerprint density at radius 2 is 2.25 bits per heavy atom. The second-order valence-electron chi connectivity index (χ2n) is 5.33. The highest BCUT2D eigenvalue weighted by Gasteiger charge is 2.25. The van der Waals surface area contributed by atoms with Crippen LogP contribution in [0.5, 0.6) is 0 Å². The summed E-state index contributed by atoms with van der Waals surface area (Å²) < 4.78 is 0. The highest BCUT2D eigenvalue weighted by molar-refractivity contribution is 5.13. The van der Waals surface area contributed by atoms with E-state index in [1.165, 1.54) is 5.56 Å². The molecular weight excluding hydrogens is 198 g/mol. The van der Waals surface area contributed by atoms with Gasteiger partial charge in [-0.25, -0.2) is 0 Å². The van der Waals surface area contributed by atoms with Gasteiger partial charge in [0.05, 0.1) is 0 Å². The van der Waals surface area contributed by atoms with Crippen LogP contribution in [0.25, 0.3) is 0 Å². The summed E-state index contributed by atoms with van der Waals surface area (Å²) in [5.41, 5.74) is 2.63. The molecule has 1 N–H and O–H groups in total. The summed E-state index contributed by atoms with van der Waals surface area (Å²) in [6.45, 7) is 10.8. The summed E-state index contributed by atoms with van der Waals surface area (Å²) in [6.07, 6.45) is 1.99. The van der Waals surface area contributed by atoms with Gasteiger partial charge in [-0.3, -0.25) is 9.88 Å². The van der Waals surface area contributed by atoms with Crippen molar-refractivity contribution in [3.63, 3.8) is 0 Å². The van der Waals surface area contributed by atoms with E-state index in [2.05, 4.69) is 41.2 Å². The van der Waals surface area contributed by atoms with Gasteiger partial charge in [-0.15, -0.1) is 0 Å². The quantitative estimate of drug-likeness (QED) is 0.818. The number of hydrogen-bond acceptors (Lipinski definition) is 3. The third-order valence-electron chi connectivity index (χ3n) is 3.03. The van der Waals surface area contributed by atoms with Crippen molar-refractivity contribution in [3.8, 4) is 0 Å². The number of rotatable bonds is 2. The molecule has 0 unspecified atom stereocenters. The predicted octanol–water partition coefficient (Wildman–Crippen LogP) is 1.57. The van der Waals surface area contributed by atoms with E-state index < -0.39 is 0 Å².